The van der Waals surface area contributed by atoms with Crippen molar-refractivity contribution in [3.05, 3.63) is 35.6 Å². The molecule has 84 valence electrons. The number of nitrogens with zero attached hydrogens (tertiary/aromatic N) is 3. The molecular weight excluding hydrogens is 226 g/mol. The van der Waals surface area contributed by atoms with Gasteiger partial charge in [0.25, 0.3) is 0 Å². The van der Waals surface area contributed by atoms with Gasteiger partial charge in [-0.15, -0.1) is 0 Å². The zero-order valence-electron chi connectivity index (χ0n) is 8.81. The van der Waals surface area contributed by atoms with E-state index < -0.39 is 0 Å². The van der Waals surface area contributed by atoms with E-state index in [0.717, 1.165) is 12.2 Å². The van der Waals surface area contributed by atoms with Gasteiger partial charge in [-0.2, -0.15) is 0 Å². The summed E-state index contributed by atoms with van der Waals surface area (Å²) >= 11 is 5.71. The predicted molar refractivity (Wildman–Crippen MR) is 62.3 cm³/mol. The van der Waals surface area contributed by atoms with Crippen LogP contribution in [0.4, 0.5) is 5.95 Å². The van der Waals surface area contributed by atoms with E-state index in [1.54, 1.807) is 24.8 Å². The van der Waals surface area contributed by atoms with Gasteiger partial charge in [0.1, 0.15) is 5.82 Å². The SMILES string of the molecule is CCC(Nc1ncc(Cl)cn1)c1ncc[nH]1. The Morgan fingerprint density at radius 1 is 1.38 bits per heavy atom. The molecule has 2 N–H and O–H groups in total. The first-order valence-corrected chi connectivity index (χ1v) is 5.40. The minimum Gasteiger partial charge on any atom is -0.347 e. The first-order valence-electron chi connectivity index (χ1n) is 5.03. The van der Waals surface area contributed by atoms with Gasteiger partial charge in [0.05, 0.1) is 23.5 Å². The lowest BCUT2D eigenvalue weighted by atomic mass is 10.2. The van der Waals surface area contributed by atoms with Gasteiger partial charge in [-0.3, -0.25) is 0 Å². The molecule has 0 bridgehead atoms. The molecule has 5 nitrogen and oxygen atoms in total. The molecule has 2 aromatic heterocycles. The van der Waals surface area contributed by atoms with Gasteiger partial charge in [-0.1, -0.05) is 18.5 Å². The third-order valence-corrected chi connectivity index (χ3v) is 2.38. The van der Waals surface area contributed by atoms with Crippen molar-refractivity contribution in [1.29, 1.82) is 0 Å². The molecule has 0 amide bonds. The summed E-state index contributed by atoms with van der Waals surface area (Å²) in [6.45, 7) is 2.07. The van der Waals surface area contributed by atoms with Crippen molar-refractivity contribution in [2.75, 3.05) is 5.32 Å². The average molecular weight is 238 g/mol. The van der Waals surface area contributed by atoms with Crippen LogP contribution in [0.15, 0.2) is 24.8 Å². The van der Waals surface area contributed by atoms with E-state index in [1.807, 2.05) is 0 Å². The molecular formula is C10H12ClN5. The normalized spacial score (nSPS) is 12.4. The minimum absolute atomic E-state index is 0.0798. The fourth-order valence-electron chi connectivity index (χ4n) is 1.37. The molecule has 0 radical (unpaired) electrons. The summed E-state index contributed by atoms with van der Waals surface area (Å²) in [4.78, 5) is 15.4. The summed E-state index contributed by atoms with van der Waals surface area (Å²) in [6, 6.07) is 0.0798. The van der Waals surface area contributed by atoms with Crippen molar-refractivity contribution < 1.29 is 0 Å². The fraction of sp³-hybridized carbons (Fsp3) is 0.300. The number of imidazole rings is 1. The van der Waals surface area contributed by atoms with Crippen molar-refractivity contribution >= 4 is 17.5 Å². The van der Waals surface area contributed by atoms with Crippen LogP contribution >= 0.6 is 11.6 Å². The summed E-state index contributed by atoms with van der Waals surface area (Å²) in [5.41, 5.74) is 0. The van der Waals surface area contributed by atoms with E-state index in [0.29, 0.717) is 11.0 Å². The van der Waals surface area contributed by atoms with Gasteiger partial charge in [0, 0.05) is 12.4 Å². The molecule has 1 unspecified atom stereocenters. The van der Waals surface area contributed by atoms with Crippen molar-refractivity contribution in [3.8, 4) is 0 Å². The van der Waals surface area contributed by atoms with Crippen LogP contribution < -0.4 is 5.32 Å². The molecule has 0 aromatic carbocycles. The lowest BCUT2D eigenvalue weighted by Gasteiger charge is -2.13. The van der Waals surface area contributed by atoms with E-state index in [4.69, 9.17) is 11.6 Å². The summed E-state index contributed by atoms with van der Waals surface area (Å²) in [7, 11) is 0. The summed E-state index contributed by atoms with van der Waals surface area (Å²) < 4.78 is 0. The molecule has 0 aliphatic rings. The molecule has 16 heavy (non-hydrogen) atoms. The monoisotopic (exact) mass is 237 g/mol. The maximum Gasteiger partial charge on any atom is 0.223 e. The van der Waals surface area contributed by atoms with Crippen molar-refractivity contribution in [2.45, 2.75) is 19.4 Å². The average Bonchev–Trinajstić information content (AvgIpc) is 2.82. The summed E-state index contributed by atoms with van der Waals surface area (Å²) in [5.74, 6) is 1.42. The van der Waals surface area contributed by atoms with Crippen LogP contribution in [0, 0.1) is 0 Å². The molecule has 2 heterocycles. The molecule has 0 aliphatic carbocycles. The highest BCUT2D eigenvalue weighted by molar-refractivity contribution is 6.30. The lowest BCUT2D eigenvalue weighted by Crippen LogP contribution is -2.13. The Morgan fingerprint density at radius 2 is 2.12 bits per heavy atom. The van der Waals surface area contributed by atoms with E-state index in [2.05, 4.69) is 32.2 Å². The van der Waals surface area contributed by atoms with Crippen LogP contribution in [0.3, 0.4) is 0 Å². The fourth-order valence-corrected chi connectivity index (χ4v) is 1.47. The minimum atomic E-state index is 0.0798. The lowest BCUT2D eigenvalue weighted by molar-refractivity contribution is 0.695. The van der Waals surface area contributed by atoms with Gasteiger partial charge in [-0.25, -0.2) is 15.0 Å². The second-order valence-corrected chi connectivity index (χ2v) is 3.74. The molecule has 6 heteroatoms. The number of H-pyrrole nitrogens is 1. The molecule has 0 saturated heterocycles. The summed E-state index contributed by atoms with van der Waals surface area (Å²) in [6.07, 6.45) is 7.53. The highest BCUT2D eigenvalue weighted by Gasteiger charge is 2.12. The zero-order chi connectivity index (χ0) is 11.4. The number of rotatable bonds is 4. The van der Waals surface area contributed by atoms with Crippen molar-refractivity contribution in [2.24, 2.45) is 0 Å². The standard InChI is InChI=1S/C10H12ClN5/c1-2-8(9-12-3-4-13-9)16-10-14-5-7(11)6-15-10/h3-6,8H,2H2,1H3,(H,12,13)(H,14,15,16). The van der Waals surface area contributed by atoms with Crippen LogP contribution in [0.25, 0.3) is 0 Å². The highest BCUT2D eigenvalue weighted by atomic mass is 35.5. The van der Waals surface area contributed by atoms with Crippen LogP contribution in [0.5, 0.6) is 0 Å². The maximum atomic E-state index is 5.71. The Bertz CT molecular complexity index is 425. The van der Waals surface area contributed by atoms with Gasteiger partial charge in [-0.05, 0) is 6.42 Å². The number of anilines is 1. The van der Waals surface area contributed by atoms with Gasteiger partial charge in [0.15, 0.2) is 0 Å². The third kappa shape index (κ3) is 2.49. The maximum absolute atomic E-state index is 5.71. The third-order valence-electron chi connectivity index (χ3n) is 2.18. The first-order chi connectivity index (χ1) is 7.79. The topological polar surface area (TPSA) is 66.5 Å². The Labute approximate surface area is 98.3 Å². The summed E-state index contributed by atoms with van der Waals surface area (Å²) in [5, 5.41) is 3.71. The Balaban J connectivity index is 2.10. The largest absolute Gasteiger partial charge is 0.347 e. The van der Waals surface area contributed by atoms with Gasteiger partial charge in [0.2, 0.25) is 5.95 Å². The smallest absolute Gasteiger partial charge is 0.223 e. The molecule has 0 spiro atoms. The Kier molecular flexibility index (Phi) is 3.36. The number of hydrogen-bond acceptors (Lipinski definition) is 4. The Morgan fingerprint density at radius 3 is 2.69 bits per heavy atom. The van der Waals surface area contributed by atoms with Crippen molar-refractivity contribution in [1.82, 2.24) is 19.9 Å². The van der Waals surface area contributed by atoms with Crippen molar-refractivity contribution in [3.63, 3.8) is 0 Å². The van der Waals surface area contributed by atoms with Gasteiger partial charge >= 0.3 is 0 Å². The van der Waals surface area contributed by atoms with Crippen LogP contribution in [-0.2, 0) is 0 Å². The van der Waals surface area contributed by atoms with Crippen LogP contribution in [-0.4, -0.2) is 19.9 Å². The number of hydrogen-bond donors (Lipinski definition) is 2. The van der Waals surface area contributed by atoms with E-state index in [-0.39, 0.29) is 6.04 Å². The second kappa shape index (κ2) is 4.94. The van der Waals surface area contributed by atoms with E-state index >= 15 is 0 Å². The first kappa shape index (κ1) is 10.9. The van der Waals surface area contributed by atoms with E-state index in [1.165, 1.54) is 0 Å². The zero-order valence-corrected chi connectivity index (χ0v) is 9.57. The number of nitrogens with one attached hydrogen (secondary N) is 2. The molecule has 1 atom stereocenters. The quantitative estimate of drug-likeness (QED) is 0.857. The number of halogens is 1. The predicted octanol–water partition coefficient (Wildman–Crippen LogP) is 2.42. The number of aromatic amines is 1. The van der Waals surface area contributed by atoms with Gasteiger partial charge < -0.3 is 10.3 Å². The Hall–Kier alpha value is -1.62. The van der Waals surface area contributed by atoms with Crippen LogP contribution in [0.2, 0.25) is 5.02 Å². The molecule has 0 saturated carbocycles. The number of aromatic nitrogens is 4. The van der Waals surface area contributed by atoms with E-state index in [9.17, 15) is 0 Å². The second-order valence-electron chi connectivity index (χ2n) is 3.30. The van der Waals surface area contributed by atoms with Crippen LogP contribution in [0.1, 0.15) is 25.2 Å². The molecule has 0 aliphatic heterocycles. The molecule has 0 fully saturated rings. The highest BCUT2D eigenvalue weighted by Crippen LogP contribution is 2.17. The molecule has 2 rings (SSSR count). The molecule has 2 aromatic rings.